The van der Waals surface area contributed by atoms with E-state index in [0.717, 1.165) is 18.8 Å². The van der Waals surface area contributed by atoms with E-state index < -0.39 is 0 Å². The third kappa shape index (κ3) is 3.70. The van der Waals surface area contributed by atoms with Gasteiger partial charge in [-0.05, 0) is 40.2 Å². The molecule has 1 atom stereocenters. The first-order valence-corrected chi connectivity index (χ1v) is 6.59. The standard InChI is InChI=1S/C13H24N4.ClH/c1-10(2)17-8-12(11(3)15-17)7-16-6-4-5-13(14)9-16;/h8,10,13H,4-7,9,14H2,1-3H3;1H. The van der Waals surface area contributed by atoms with Crippen LogP contribution in [0.4, 0.5) is 0 Å². The molecular weight excluding hydrogens is 248 g/mol. The molecule has 0 spiro atoms. The molecule has 4 nitrogen and oxygen atoms in total. The van der Waals surface area contributed by atoms with Crippen molar-refractivity contribution in [2.75, 3.05) is 13.1 Å². The fourth-order valence-corrected chi connectivity index (χ4v) is 2.41. The molecule has 0 radical (unpaired) electrons. The second-order valence-corrected chi connectivity index (χ2v) is 5.45. The van der Waals surface area contributed by atoms with E-state index in [0.29, 0.717) is 12.1 Å². The quantitative estimate of drug-likeness (QED) is 0.917. The summed E-state index contributed by atoms with van der Waals surface area (Å²) < 4.78 is 2.05. The summed E-state index contributed by atoms with van der Waals surface area (Å²) in [4.78, 5) is 2.45. The predicted octanol–water partition coefficient (Wildman–Crippen LogP) is 2.12. The summed E-state index contributed by atoms with van der Waals surface area (Å²) in [7, 11) is 0. The van der Waals surface area contributed by atoms with Crippen molar-refractivity contribution >= 4 is 12.4 Å². The van der Waals surface area contributed by atoms with Crippen LogP contribution >= 0.6 is 12.4 Å². The van der Waals surface area contributed by atoms with Crippen LogP contribution in [0, 0.1) is 6.92 Å². The Labute approximate surface area is 116 Å². The van der Waals surface area contributed by atoms with Crippen molar-refractivity contribution in [1.29, 1.82) is 0 Å². The van der Waals surface area contributed by atoms with Gasteiger partial charge >= 0.3 is 0 Å². The summed E-state index contributed by atoms with van der Waals surface area (Å²) in [6.45, 7) is 9.59. The SMILES string of the molecule is Cc1nn(C(C)C)cc1CN1CCCC(N)C1.Cl. The van der Waals surface area contributed by atoms with E-state index in [2.05, 4.69) is 41.6 Å². The van der Waals surface area contributed by atoms with Gasteiger partial charge in [0.15, 0.2) is 0 Å². The monoisotopic (exact) mass is 272 g/mol. The molecule has 1 aromatic heterocycles. The minimum atomic E-state index is 0. The van der Waals surface area contributed by atoms with Crippen LogP contribution in [0.1, 0.15) is 44.0 Å². The molecule has 1 aromatic rings. The number of aromatic nitrogens is 2. The molecule has 1 saturated heterocycles. The molecule has 2 rings (SSSR count). The molecule has 18 heavy (non-hydrogen) atoms. The fourth-order valence-electron chi connectivity index (χ4n) is 2.41. The Bertz CT molecular complexity index is 375. The molecule has 1 aliphatic heterocycles. The Balaban J connectivity index is 0.00000162. The highest BCUT2D eigenvalue weighted by Crippen LogP contribution is 2.16. The molecule has 0 aliphatic carbocycles. The smallest absolute Gasteiger partial charge is 0.0638 e. The number of likely N-dealkylation sites (tertiary alicyclic amines) is 1. The van der Waals surface area contributed by atoms with Crippen LogP contribution in [0.2, 0.25) is 0 Å². The van der Waals surface area contributed by atoms with Gasteiger partial charge in [0, 0.05) is 36.9 Å². The number of nitrogens with two attached hydrogens (primary N) is 1. The highest BCUT2D eigenvalue weighted by Gasteiger charge is 2.18. The van der Waals surface area contributed by atoms with E-state index in [9.17, 15) is 0 Å². The number of hydrogen-bond acceptors (Lipinski definition) is 3. The number of nitrogens with zero attached hydrogens (tertiary/aromatic N) is 3. The molecule has 1 fully saturated rings. The van der Waals surface area contributed by atoms with E-state index >= 15 is 0 Å². The van der Waals surface area contributed by atoms with Gasteiger partial charge in [-0.2, -0.15) is 5.10 Å². The van der Waals surface area contributed by atoms with Gasteiger partial charge in [-0.3, -0.25) is 9.58 Å². The van der Waals surface area contributed by atoms with E-state index in [1.54, 1.807) is 0 Å². The summed E-state index contributed by atoms with van der Waals surface area (Å²) in [5.74, 6) is 0. The van der Waals surface area contributed by atoms with Crippen LogP contribution in [-0.2, 0) is 6.54 Å². The lowest BCUT2D eigenvalue weighted by Gasteiger charge is -2.30. The molecule has 104 valence electrons. The minimum Gasteiger partial charge on any atom is -0.327 e. The molecule has 2 N–H and O–H groups in total. The van der Waals surface area contributed by atoms with Gasteiger partial charge in [0.05, 0.1) is 5.69 Å². The van der Waals surface area contributed by atoms with E-state index in [4.69, 9.17) is 5.73 Å². The summed E-state index contributed by atoms with van der Waals surface area (Å²) >= 11 is 0. The number of rotatable bonds is 3. The number of aryl methyl sites for hydroxylation is 1. The lowest BCUT2D eigenvalue weighted by molar-refractivity contribution is 0.201. The van der Waals surface area contributed by atoms with Gasteiger partial charge in [0.1, 0.15) is 0 Å². The largest absolute Gasteiger partial charge is 0.327 e. The number of halogens is 1. The maximum Gasteiger partial charge on any atom is 0.0638 e. The van der Waals surface area contributed by atoms with E-state index in [-0.39, 0.29) is 12.4 Å². The van der Waals surface area contributed by atoms with Crippen molar-refractivity contribution in [1.82, 2.24) is 14.7 Å². The van der Waals surface area contributed by atoms with E-state index in [1.807, 2.05) is 0 Å². The molecule has 1 unspecified atom stereocenters. The van der Waals surface area contributed by atoms with Crippen molar-refractivity contribution in [3.05, 3.63) is 17.5 Å². The summed E-state index contributed by atoms with van der Waals surface area (Å²) in [6.07, 6.45) is 4.57. The maximum absolute atomic E-state index is 6.01. The Morgan fingerprint density at radius 2 is 2.22 bits per heavy atom. The average Bonchev–Trinajstić information content (AvgIpc) is 2.61. The Morgan fingerprint density at radius 3 is 2.78 bits per heavy atom. The highest BCUT2D eigenvalue weighted by molar-refractivity contribution is 5.85. The predicted molar refractivity (Wildman–Crippen MR) is 77.1 cm³/mol. The van der Waals surface area contributed by atoms with Gasteiger partial charge in [-0.25, -0.2) is 0 Å². The normalized spacial score (nSPS) is 21.1. The molecule has 5 heteroatoms. The van der Waals surface area contributed by atoms with Crippen molar-refractivity contribution in [3.8, 4) is 0 Å². The van der Waals surface area contributed by atoms with Crippen molar-refractivity contribution in [2.45, 2.75) is 52.2 Å². The molecule has 0 bridgehead atoms. The van der Waals surface area contributed by atoms with Gasteiger partial charge in [0.2, 0.25) is 0 Å². The van der Waals surface area contributed by atoms with Crippen LogP contribution in [0.15, 0.2) is 6.20 Å². The Morgan fingerprint density at radius 1 is 1.50 bits per heavy atom. The second-order valence-electron chi connectivity index (χ2n) is 5.45. The third-order valence-corrected chi connectivity index (χ3v) is 3.48. The van der Waals surface area contributed by atoms with E-state index in [1.165, 1.54) is 24.9 Å². The van der Waals surface area contributed by atoms with Crippen LogP contribution in [0.25, 0.3) is 0 Å². The zero-order chi connectivity index (χ0) is 12.4. The molecular formula is C13H25ClN4. The Kier molecular flexibility index (Phi) is 5.63. The first kappa shape index (κ1) is 15.5. The van der Waals surface area contributed by atoms with Crippen molar-refractivity contribution in [2.24, 2.45) is 5.73 Å². The molecule has 2 heterocycles. The molecule has 0 saturated carbocycles. The molecule has 0 aromatic carbocycles. The van der Waals surface area contributed by atoms with Gasteiger partial charge < -0.3 is 5.73 Å². The summed E-state index contributed by atoms with van der Waals surface area (Å²) in [6, 6.07) is 0.787. The van der Waals surface area contributed by atoms with Crippen LogP contribution in [-0.4, -0.2) is 33.8 Å². The van der Waals surface area contributed by atoms with Crippen molar-refractivity contribution < 1.29 is 0 Å². The van der Waals surface area contributed by atoms with Gasteiger partial charge in [0.25, 0.3) is 0 Å². The zero-order valence-corrected chi connectivity index (χ0v) is 12.4. The van der Waals surface area contributed by atoms with Crippen LogP contribution in [0.5, 0.6) is 0 Å². The maximum atomic E-state index is 6.01. The first-order chi connectivity index (χ1) is 8.06. The highest BCUT2D eigenvalue weighted by atomic mass is 35.5. The van der Waals surface area contributed by atoms with Crippen LogP contribution < -0.4 is 5.73 Å². The average molecular weight is 273 g/mol. The number of piperidine rings is 1. The lowest BCUT2D eigenvalue weighted by Crippen LogP contribution is -2.42. The third-order valence-electron chi connectivity index (χ3n) is 3.48. The zero-order valence-electron chi connectivity index (χ0n) is 11.6. The topological polar surface area (TPSA) is 47.1 Å². The minimum absolute atomic E-state index is 0. The summed E-state index contributed by atoms with van der Waals surface area (Å²) in [5.41, 5.74) is 8.50. The molecule has 0 amide bonds. The van der Waals surface area contributed by atoms with Crippen molar-refractivity contribution in [3.63, 3.8) is 0 Å². The van der Waals surface area contributed by atoms with Crippen LogP contribution in [0.3, 0.4) is 0 Å². The van der Waals surface area contributed by atoms with Gasteiger partial charge in [-0.1, -0.05) is 0 Å². The Hall–Kier alpha value is -0.580. The lowest BCUT2D eigenvalue weighted by atomic mass is 10.1. The summed E-state index contributed by atoms with van der Waals surface area (Å²) in [5, 5.41) is 4.55. The molecule has 1 aliphatic rings. The first-order valence-electron chi connectivity index (χ1n) is 6.59. The fraction of sp³-hybridized carbons (Fsp3) is 0.769. The number of hydrogen-bond donors (Lipinski definition) is 1. The van der Waals surface area contributed by atoms with Gasteiger partial charge in [-0.15, -0.1) is 12.4 Å². The second kappa shape index (κ2) is 6.55.